The molecule has 1 aliphatic heterocycles. The molecule has 2 aromatic rings. The monoisotopic (exact) mass is 270 g/mol. The van der Waals surface area contributed by atoms with E-state index >= 15 is 0 Å². The first-order valence-electron chi connectivity index (χ1n) is 6.88. The van der Waals surface area contributed by atoms with E-state index in [1.165, 1.54) is 0 Å². The van der Waals surface area contributed by atoms with E-state index in [9.17, 15) is 4.79 Å². The van der Waals surface area contributed by atoms with E-state index in [-0.39, 0.29) is 5.91 Å². The zero-order chi connectivity index (χ0) is 13.9. The van der Waals surface area contributed by atoms with Crippen molar-refractivity contribution >= 4 is 11.6 Å². The molecule has 0 fully saturated rings. The molecule has 0 bridgehead atoms. The van der Waals surface area contributed by atoms with Crippen LogP contribution >= 0.6 is 0 Å². The van der Waals surface area contributed by atoms with Gasteiger partial charge in [-0.05, 0) is 37.5 Å². The van der Waals surface area contributed by atoms with Gasteiger partial charge in [0.1, 0.15) is 0 Å². The first-order chi connectivity index (χ1) is 9.75. The van der Waals surface area contributed by atoms with Crippen LogP contribution in [-0.2, 0) is 13.0 Å². The summed E-state index contributed by atoms with van der Waals surface area (Å²) in [6.45, 7) is 3.42. The zero-order valence-corrected chi connectivity index (χ0v) is 11.5. The molecule has 0 unspecified atom stereocenters. The second-order valence-electron chi connectivity index (χ2n) is 5.06. The largest absolute Gasteiger partial charge is 0.385 e. The number of rotatable bonds is 3. The lowest BCUT2D eigenvalue weighted by Crippen LogP contribution is -2.25. The van der Waals surface area contributed by atoms with Crippen LogP contribution in [0.15, 0.2) is 24.4 Å². The van der Waals surface area contributed by atoms with Crippen LogP contribution in [0.1, 0.15) is 33.6 Å². The molecule has 0 saturated carbocycles. The average molecular weight is 270 g/mol. The Labute approximate surface area is 117 Å². The van der Waals surface area contributed by atoms with Crippen molar-refractivity contribution in [1.29, 1.82) is 0 Å². The first-order valence-corrected chi connectivity index (χ1v) is 6.88. The van der Waals surface area contributed by atoms with Gasteiger partial charge in [-0.1, -0.05) is 6.07 Å². The maximum absolute atomic E-state index is 12.4. The maximum atomic E-state index is 12.4. The third-order valence-electron chi connectivity index (χ3n) is 3.71. The lowest BCUT2D eigenvalue weighted by atomic mass is 9.97. The second-order valence-corrected chi connectivity index (χ2v) is 5.06. The Morgan fingerprint density at radius 3 is 3.15 bits per heavy atom. The molecule has 1 aliphatic rings. The van der Waals surface area contributed by atoms with E-state index in [0.717, 1.165) is 47.5 Å². The van der Waals surface area contributed by atoms with E-state index < -0.39 is 0 Å². The smallest absolute Gasteiger partial charge is 0.251 e. The van der Waals surface area contributed by atoms with Gasteiger partial charge in [-0.3, -0.25) is 9.89 Å². The van der Waals surface area contributed by atoms with E-state index in [0.29, 0.717) is 6.54 Å². The van der Waals surface area contributed by atoms with Crippen LogP contribution in [0.25, 0.3) is 0 Å². The average Bonchev–Trinajstić information content (AvgIpc) is 2.89. The van der Waals surface area contributed by atoms with Crippen molar-refractivity contribution in [1.82, 2.24) is 15.5 Å². The molecule has 104 valence electrons. The number of amides is 1. The van der Waals surface area contributed by atoms with Crippen LogP contribution in [0.3, 0.4) is 0 Å². The lowest BCUT2D eigenvalue weighted by molar-refractivity contribution is 0.0950. The van der Waals surface area contributed by atoms with Crippen molar-refractivity contribution in [2.24, 2.45) is 0 Å². The fourth-order valence-electron chi connectivity index (χ4n) is 2.55. The predicted molar refractivity (Wildman–Crippen MR) is 77.7 cm³/mol. The summed E-state index contributed by atoms with van der Waals surface area (Å²) in [5.41, 5.74) is 4.99. The van der Waals surface area contributed by atoms with Gasteiger partial charge in [-0.2, -0.15) is 5.10 Å². The predicted octanol–water partition coefficient (Wildman–Crippen LogP) is 2.01. The normalized spacial score (nSPS) is 13.4. The molecule has 0 spiro atoms. The second kappa shape index (κ2) is 5.36. The van der Waals surface area contributed by atoms with Gasteiger partial charge in [0.2, 0.25) is 0 Å². The maximum Gasteiger partial charge on any atom is 0.251 e. The summed E-state index contributed by atoms with van der Waals surface area (Å²) in [5.74, 6) is -0.0221. The van der Waals surface area contributed by atoms with Gasteiger partial charge in [0.05, 0.1) is 6.20 Å². The van der Waals surface area contributed by atoms with E-state index in [4.69, 9.17) is 0 Å². The Morgan fingerprint density at radius 2 is 2.35 bits per heavy atom. The summed E-state index contributed by atoms with van der Waals surface area (Å²) in [6, 6.07) is 5.85. The number of aryl methyl sites for hydroxylation is 1. The van der Waals surface area contributed by atoms with Crippen LogP contribution in [0.2, 0.25) is 0 Å². The Balaban J connectivity index is 1.76. The SMILES string of the molecule is Cc1[nH]ncc1CNC(=O)c1cccc2c1CCCN2. The number of carbonyl (C=O) groups is 1. The molecule has 3 N–H and O–H groups in total. The van der Waals surface area contributed by atoms with Gasteiger partial charge in [0.15, 0.2) is 0 Å². The molecule has 3 rings (SSSR count). The highest BCUT2D eigenvalue weighted by Gasteiger charge is 2.17. The molecule has 1 aromatic heterocycles. The summed E-state index contributed by atoms with van der Waals surface area (Å²) in [5, 5.41) is 13.1. The van der Waals surface area contributed by atoms with Crippen molar-refractivity contribution < 1.29 is 4.79 Å². The topological polar surface area (TPSA) is 69.8 Å². The number of anilines is 1. The molecule has 2 heterocycles. The number of H-pyrrole nitrogens is 1. The highest BCUT2D eigenvalue weighted by molar-refractivity contribution is 5.97. The third kappa shape index (κ3) is 2.39. The summed E-state index contributed by atoms with van der Waals surface area (Å²) in [7, 11) is 0. The first kappa shape index (κ1) is 12.7. The standard InChI is InChI=1S/C15H18N4O/c1-10-11(9-18-19-10)8-17-15(20)13-4-2-6-14-12(13)5-3-7-16-14/h2,4,6,9,16H,3,5,7-8H2,1H3,(H,17,20)(H,18,19). The van der Waals surface area contributed by atoms with Gasteiger partial charge < -0.3 is 10.6 Å². The Hall–Kier alpha value is -2.30. The minimum Gasteiger partial charge on any atom is -0.385 e. The Morgan fingerprint density at radius 1 is 1.45 bits per heavy atom. The van der Waals surface area contributed by atoms with Gasteiger partial charge in [0, 0.05) is 35.6 Å². The van der Waals surface area contributed by atoms with E-state index in [2.05, 4.69) is 20.8 Å². The van der Waals surface area contributed by atoms with Crippen LogP contribution in [0.5, 0.6) is 0 Å². The molecule has 0 radical (unpaired) electrons. The molecule has 0 atom stereocenters. The van der Waals surface area contributed by atoms with Crippen molar-refractivity contribution in [2.45, 2.75) is 26.3 Å². The minimum absolute atomic E-state index is 0.0221. The van der Waals surface area contributed by atoms with Gasteiger partial charge >= 0.3 is 0 Å². The third-order valence-corrected chi connectivity index (χ3v) is 3.71. The molecular formula is C15H18N4O. The Bertz CT molecular complexity index is 633. The number of hydrogen-bond acceptors (Lipinski definition) is 3. The Kier molecular flexibility index (Phi) is 3.41. The quantitative estimate of drug-likeness (QED) is 0.799. The summed E-state index contributed by atoms with van der Waals surface area (Å²) in [4.78, 5) is 12.4. The molecular weight excluding hydrogens is 252 g/mol. The van der Waals surface area contributed by atoms with Gasteiger partial charge in [0.25, 0.3) is 5.91 Å². The van der Waals surface area contributed by atoms with E-state index in [1.54, 1.807) is 6.20 Å². The van der Waals surface area contributed by atoms with Crippen LogP contribution < -0.4 is 10.6 Å². The zero-order valence-electron chi connectivity index (χ0n) is 11.5. The van der Waals surface area contributed by atoms with Crippen LogP contribution in [-0.4, -0.2) is 22.6 Å². The van der Waals surface area contributed by atoms with Crippen molar-refractivity contribution in [3.05, 3.63) is 46.8 Å². The number of nitrogens with one attached hydrogen (secondary N) is 3. The number of benzene rings is 1. The molecule has 20 heavy (non-hydrogen) atoms. The van der Waals surface area contributed by atoms with Crippen molar-refractivity contribution in [3.8, 4) is 0 Å². The number of aromatic nitrogens is 2. The van der Waals surface area contributed by atoms with Crippen molar-refractivity contribution in [2.75, 3.05) is 11.9 Å². The fraction of sp³-hybridized carbons (Fsp3) is 0.333. The molecule has 5 nitrogen and oxygen atoms in total. The summed E-state index contributed by atoms with van der Waals surface area (Å²) in [6.07, 6.45) is 3.77. The molecule has 1 aromatic carbocycles. The van der Waals surface area contributed by atoms with Gasteiger partial charge in [-0.25, -0.2) is 0 Å². The number of hydrogen-bond donors (Lipinski definition) is 3. The number of nitrogens with zero attached hydrogens (tertiary/aromatic N) is 1. The highest BCUT2D eigenvalue weighted by atomic mass is 16.1. The molecule has 0 saturated heterocycles. The highest BCUT2D eigenvalue weighted by Crippen LogP contribution is 2.25. The molecule has 0 aliphatic carbocycles. The van der Waals surface area contributed by atoms with Crippen LogP contribution in [0, 0.1) is 6.92 Å². The van der Waals surface area contributed by atoms with E-state index in [1.807, 2.05) is 25.1 Å². The summed E-state index contributed by atoms with van der Waals surface area (Å²) >= 11 is 0. The number of aromatic amines is 1. The number of fused-ring (bicyclic) bond motifs is 1. The van der Waals surface area contributed by atoms with Crippen molar-refractivity contribution in [3.63, 3.8) is 0 Å². The fourth-order valence-corrected chi connectivity index (χ4v) is 2.55. The van der Waals surface area contributed by atoms with Crippen LogP contribution in [0.4, 0.5) is 5.69 Å². The van der Waals surface area contributed by atoms with Gasteiger partial charge in [-0.15, -0.1) is 0 Å². The summed E-state index contributed by atoms with van der Waals surface area (Å²) < 4.78 is 0. The number of carbonyl (C=O) groups excluding carboxylic acids is 1. The lowest BCUT2D eigenvalue weighted by Gasteiger charge is -2.20. The molecule has 5 heteroatoms. The molecule has 1 amide bonds. The minimum atomic E-state index is -0.0221.